The van der Waals surface area contributed by atoms with E-state index in [1.54, 1.807) is 10.9 Å². The number of hydrogen-bond acceptors (Lipinski definition) is 3. The van der Waals surface area contributed by atoms with Crippen LogP contribution in [0, 0.1) is 0 Å². The fraction of sp³-hybridized carbons (Fsp3) is 0.333. The maximum Gasteiger partial charge on any atom is 0.317 e. The lowest BCUT2D eigenvalue weighted by atomic mass is 10.1. The molecule has 20 heavy (non-hydrogen) atoms. The zero-order valence-corrected chi connectivity index (χ0v) is 11.7. The smallest absolute Gasteiger partial charge is 0.317 e. The summed E-state index contributed by atoms with van der Waals surface area (Å²) in [6.07, 6.45) is 3.74. The number of carboxylic acid groups (broad SMARTS) is 1. The Balaban J connectivity index is 2.17. The highest BCUT2D eigenvalue weighted by Crippen LogP contribution is 2.20. The fourth-order valence-electron chi connectivity index (χ4n) is 2.18. The number of carbonyl (C=O) groups is 1. The molecule has 0 saturated heterocycles. The van der Waals surface area contributed by atoms with Crippen LogP contribution in [0.5, 0.6) is 0 Å². The summed E-state index contributed by atoms with van der Waals surface area (Å²) in [5, 5.41) is 13.3. The first-order valence-electron chi connectivity index (χ1n) is 6.67. The molecular formula is C15H19N3O2. The summed E-state index contributed by atoms with van der Waals surface area (Å²) in [7, 11) is 0. The van der Waals surface area contributed by atoms with Gasteiger partial charge in [0.2, 0.25) is 0 Å². The Morgan fingerprint density at radius 3 is 2.70 bits per heavy atom. The zero-order chi connectivity index (χ0) is 14.5. The van der Waals surface area contributed by atoms with Crippen molar-refractivity contribution in [3.8, 4) is 5.69 Å². The zero-order valence-electron chi connectivity index (χ0n) is 11.7. The Kier molecular flexibility index (Phi) is 4.53. The van der Waals surface area contributed by atoms with Gasteiger partial charge in [-0.25, -0.2) is 4.68 Å². The fourth-order valence-corrected chi connectivity index (χ4v) is 2.18. The molecule has 0 saturated carbocycles. The minimum atomic E-state index is -0.811. The van der Waals surface area contributed by atoms with Crippen LogP contribution in [0.4, 0.5) is 0 Å². The minimum Gasteiger partial charge on any atom is -0.480 e. The van der Waals surface area contributed by atoms with Crippen LogP contribution in [0.2, 0.25) is 0 Å². The monoisotopic (exact) mass is 273 g/mol. The quantitative estimate of drug-likeness (QED) is 0.877. The molecule has 0 fully saturated rings. The molecule has 0 aliphatic carbocycles. The summed E-state index contributed by atoms with van der Waals surface area (Å²) in [5.41, 5.74) is 2.00. The summed E-state index contributed by atoms with van der Waals surface area (Å²) in [5.74, 6) is -0.811. The first kappa shape index (κ1) is 14.3. The van der Waals surface area contributed by atoms with Crippen molar-refractivity contribution in [3.05, 3.63) is 48.3 Å². The third-order valence-electron chi connectivity index (χ3n) is 3.40. The van der Waals surface area contributed by atoms with Crippen molar-refractivity contribution in [2.75, 3.05) is 13.1 Å². The average molecular weight is 273 g/mol. The van der Waals surface area contributed by atoms with Crippen molar-refractivity contribution in [2.45, 2.75) is 19.9 Å². The van der Waals surface area contributed by atoms with Crippen LogP contribution in [0.1, 0.15) is 25.5 Å². The molecule has 5 heteroatoms. The van der Waals surface area contributed by atoms with Gasteiger partial charge in [0.25, 0.3) is 0 Å². The van der Waals surface area contributed by atoms with Crippen LogP contribution in [-0.2, 0) is 4.79 Å². The standard InChI is InChI=1S/C15H19N3O2/c1-3-17(11-15(19)20)12(2)13-9-16-18(10-13)14-7-5-4-6-8-14/h4-10,12H,3,11H2,1-2H3,(H,19,20). The second kappa shape index (κ2) is 6.34. The van der Waals surface area contributed by atoms with Crippen LogP contribution in [-0.4, -0.2) is 38.8 Å². The van der Waals surface area contributed by atoms with Crippen molar-refractivity contribution in [1.82, 2.24) is 14.7 Å². The van der Waals surface area contributed by atoms with Crippen molar-refractivity contribution in [1.29, 1.82) is 0 Å². The van der Waals surface area contributed by atoms with E-state index in [4.69, 9.17) is 5.11 Å². The molecule has 5 nitrogen and oxygen atoms in total. The Morgan fingerprint density at radius 1 is 1.40 bits per heavy atom. The average Bonchev–Trinajstić information content (AvgIpc) is 2.94. The molecule has 1 aromatic carbocycles. The van der Waals surface area contributed by atoms with Crippen LogP contribution < -0.4 is 0 Å². The molecule has 1 N–H and O–H groups in total. The number of nitrogens with zero attached hydrogens (tertiary/aromatic N) is 3. The van der Waals surface area contributed by atoms with Crippen molar-refractivity contribution < 1.29 is 9.90 Å². The van der Waals surface area contributed by atoms with Gasteiger partial charge in [-0.2, -0.15) is 5.10 Å². The third kappa shape index (κ3) is 3.24. The Morgan fingerprint density at radius 2 is 2.10 bits per heavy atom. The van der Waals surface area contributed by atoms with Gasteiger partial charge < -0.3 is 5.11 Å². The summed E-state index contributed by atoms with van der Waals surface area (Å²) < 4.78 is 1.81. The molecular weight excluding hydrogens is 254 g/mol. The summed E-state index contributed by atoms with van der Waals surface area (Å²) >= 11 is 0. The maximum absolute atomic E-state index is 10.9. The van der Waals surface area contributed by atoms with Crippen LogP contribution in [0.3, 0.4) is 0 Å². The van der Waals surface area contributed by atoms with Gasteiger partial charge in [-0.15, -0.1) is 0 Å². The van der Waals surface area contributed by atoms with Gasteiger partial charge in [-0.3, -0.25) is 9.69 Å². The Bertz CT molecular complexity index is 566. The van der Waals surface area contributed by atoms with Gasteiger partial charge in [-0.1, -0.05) is 25.1 Å². The number of rotatable bonds is 6. The van der Waals surface area contributed by atoms with Gasteiger partial charge in [-0.05, 0) is 25.6 Å². The highest BCUT2D eigenvalue weighted by atomic mass is 16.4. The van der Waals surface area contributed by atoms with Crippen LogP contribution in [0.15, 0.2) is 42.7 Å². The summed E-state index contributed by atoms with van der Waals surface area (Å²) in [6.45, 7) is 4.68. The molecule has 1 unspecified atom stereocenters. The molecule has 1 aromatic heterocycles. The molecule has 1 heterocycles. The van der Waals surface area contributed by atoms with Crippen molar-refractivity contribution >= 4 is 5.97 Å². The molecule has 0 aliphatic heterocycles. The van der Waals surface area contributed by atoms with E-state index in [2.05, 4.69) is 5.10 Å². The molecule has 1 atom stereocenters. The number of likely N-dealkylation sites (N-methyl/N-ethyl adjacent to an activating group) is 1. The van der Waals surface area contributed by atoms with E-state index in [-0.39, 0.29) is 12.6 Å². The molecule has 0 spiro atoms. The first-order chi connectivity index (χ1) is 9.61. The summed E-state index contributed by atoms with van der Waals surface area (Å²) in [6, 6.07) is 9.87. The van der Waals surface area contributed by atoms with E-state index < -0.39 is 5.97 Å². The van der Waals surface area contributed by atoms with Gasteiger partial charge >= 0.3 is 5.97 Å². The Hall–Kier alpha value is -2.14. The minimum absolute atomic E-state index is 0.0218. The third-order valence-corrected chi connectivity index (χ3v) is 3.40. The van der Waals surface area contributed by atoms with Crippen molar-refractivity contribution in [2.24, 2.45) is 0 Å². The molecule has 0 aliphatic rings. The predicted molar refractivity (Wildman–Crippen MR) is 76.9 cm³/mol. The van der Waals surface area contributed by atoms with Crippen molar-refractivity contribution in [3.63, 3.8) is 0 Å². The molecule has 0 radical (unpaired) electrons. The lowest BCUT2D eigenvalue weighted by molar-refractivity contribution is -0.138. The topological polar surface area (TPSA) is 58.4 Å². The largest absolute Gasteiger partial charge is 0.480 e. The number of benzene rings is 1. The first-order valence-corrected chi connectivity index (χ1v) is 6.67. The summed E-state index contributed by atoms with van der Waals surface area (Å²) in [4.78, 5) is 12.8. The van der Waals surface area contributed by atoms with Gasteiger partial charge in [0.15, 0.2) is 0 Å². The van der Waals surface area contributed by atoms with E-state index in [1.807, 2.05) is 55.3 Å². The molecule has 106 valence electrons. The number of hydrogen-bond donors (Lipinski definition) is 1. The lowest BCUT2D eigenvalue weighted by Gasteiger charge is -2.24. The lowest BCUT2D eigenvalue weighted by Crippen LogP contribution is -2.32. The van der Waals surface area contributed by atoms with Gasteiger partial charge in [0, 0.05) is 17.8 Å². The molecule has 2 rings (SSSR count). The van der Waals surface area contributed by atoms with E-state index in [9.17, 15) is 4.79 Å². The van der Waals surface area contributed by atoms with E-state index in [0.29, 0.717) is 6.54 Å². The number of aliphatic carboxylic acids is 1. The molecule has 2 aromatic rings. The van der Waals surface area contributed by atoms with E-state index in [0.717, 1.165) is 11.3 Å². The highest BCUT2D eigenvalue weighted by molar-refractivity contribution is 5.69. The second-order valence-corrected chi connectivity index (χ2v) is 4.69. The molecule has 0 bridgehead atoms. The predicted octanol–water partition coefficient (Wildman–Crippen LogP) is 2.34. The van der Waals surface area contributed by atoms with Crippen LogP contribution >= 0.6 is 0 Å². The normalized spacial score (nSPS) is 12.6. The SMILES string of the molecule is CCN(CC(=O)O)C(C)c1cnn(-c2ccccc2)c1. The number of carboxylic acids is 1. The second-order valence-electron chi connectivity index (χ2n) is 4.69. The number of para-hydroxylation sites is 1. The van der Waals surface area contributed by atoms with Crippen LogP contribution in [0.25, 0.3) is 5.69 Å². The number of aromatic nitrogens is 2. The van der Waals surface area contributed by atoms with E-state index in [1.165, 1.54) is 0 Å². The van der Waals surface area contributed by atoms with Gasteiger partial charge in [0.05, 0.1) is 18.4 Å². The Labute approximate surface area is 118 Å². The van der Waals surface area contributed by atoms with E-state index >= 15 is 0 Å². The highest BCUT2D eigenvalue weighted by Gasteiger charge is 2.18. The maximum atomic E-state index is 10.9. The van der Waals surface area contributed by atoms with Gasteiger partial charge in [0.1, 0.15) is 0 Å². The molecule has 0 amide bonds.